The van der Waals surface area contributed by atoms with Crippen LogP contribution in [0.4, 0.5) is 0 Å². The Balaban J connectivity index is 0.976. The average molecular weight is 955 g/mol. The van der Waals surface area contributed by atoms with Gasteiger partial charge in [0.2, 0.25) is 13.4 Å². The lowest BCUT2D eigenvalue weighted by Crippen LogP contribution is -2.62. The molecule has 0 aromatic heterocycles. The molecule has 0 fully saturated rings. The summed E-state index contributed by atoms with van der Waals surface area (Å²) in [6, 6.07) is 62.3. The molecule has 12 heteroatoms. The summed E-state index contributed by atoms with van der Waals surface area (Å²) in [7, 11) is 3.35. The number of ether oxygens (including phenoxy) is 6. The van der Waals surface area contributed by atoms with Gasteiger partial charge in [0, 0.05) is 29.4 Å². The molecule has 0 N–H and O–H groups in total. The number of fused-ring (bicyclic) bond motifs is 8. The van der Waals surface area contributed by atoms with E-state index in [1.807, 2.05) is 133 Å². The largest absolute Gasteiger partial charge is 0.497 e. The molecule has 0 atom stereocenters. The molecule has 0 unspecified atom stereocenters. The fourth-order valence-electron chi connectivity index (χ4n) is 9.51. The van der Waals surface area contributed by atoms with E-state index in [4.69, 9.17) is 28.4 Å². The Labute approximate surface area is 411 Å². The van der Waals surface area contributed by atoms with Crippen LogP contribution in [0, 0.1) is 0 Å². The van der Waals surface area contributed by atoms with Gasteiger partial charge < -0.3 is 28.4 Å². The third kappa shape index (κ3) is 7.38. The van der Waals surface area contributed by atoms with Crippen LogP contribution in [0.15, 0.2) is 221 Å². The minimum atomic E-state index is -0.0523. The highest BCUT2D eigenvalue weighted by Crippen LogP contribution is 2.48. The first kappa shape index (κ1) is 41.5. The molecule has 0 spiro atoms. The van der Waals surface area contributed by atoms with Crippen molar-refractivity contribution in [2.75, 3.05) is 14.2 Å². The second-order valence-corrected chi connectivity index (χ2v) is 20.9. The fraction of sp³-hybridized carbons (Fsp3) is 0.0357. The summed E-state index contributed by atoms with van der Waals surface area (Å²) in [5.41, 5.74) is 7.61. The van der Waals surface area contributed by atoms with E-state index in [1.54, 1.807) is 37.7 Å². The predicted octanol–water partition coefficient (Wildman–Crippen LogP) is 11.8. The molecule has 0 aliphatic carbocycles. The van der Waals surface area contributed by atoms with Crippen molar-refractivity contribution in [3.05, 3.63) is 182 Å². The molecule has 326 valence electrons. The first-order valence-corrected chi connectivity index (χ1v) is 25.4. The number of benzene rings is 9. The topological polar surface area (TPSA) is 55.4 Å². The molecule has 0 bridgehead atoms. The zero-order chi connectivity index (χ0) is 45.3. The standard InChI is InChI=1S/C56H36B2O6S4/c1-59-33-19-23-37(24-20-33)61-39-27-49-53-51(29-39)67-55-41(15-9-17-45(55)63-35-11-5-3-6-12-35)57(53)43-31-44-48(32-47(43)65-49)66-50-28-40(62-38-25-21-34(60-2)22-26-38)30-52-54(50)58(44)42-16-10-18-46(56(42)68-52)64-36-13-7-4-8-14-36/h3-32H,1-2H3. The summed E-state index contributed by atoms with van der Waals surface area (Å²) < 4.78 is 37.5. The normalized spacial score (nSPS) is 13.1. The van der Waals surface area contributed by atoms with Crippen LogP contribution in [-0.4, -0.2) is 27.6 Å². The van der Waals surface area contributed by atoms with Crippen molar-refractivity contribution in [3.8, 4) is 57.5 Å². The fourth-order valence-corrected chi connectivity index (χ4v) is 14.6. The summed E-state index contributed by atoms with van der Waals surface area (Å²) >= 11 is 7.16. The van der Waals surface area contributed by atoms with Crippen LogP contribution in [0.2, 0.25) is 0 Å². The molecule has 68 heavy (non-hydrogen) atoms. The molecule has 0 saturated carbocycles. The monoisotopic (exact) mass is 954 g/mol. The van der Waals surface area contributed by atoms with Crippen molar-refractivity contribution in [3.63, 3.8) is 0 Å². The van der Waals surface area contributed by atoms with Gasteiger partial charge in [0.1, 0.15) is 57.5 Å². The van der Waals surface area contributed by atoms with Crippen molar-refractivity contribution in [1.29, 1.82) is 0 Å². The Morgan fingerprint density at radius 1 is 0.294 bits per heavy atom. The molecule has 0 saturated heterocycles. The van der Waals surface area contributed by atoms with Crippen molar-refractivity contribution < 1.29 is 28.4 Å². The maximum Gasteiger partial charge on any atom is 0.247 e. The van der Waals surface area contributed by atoms with E-state index in [0.29, 0.717) is 0 Å². The molecule has 0 amide bonds. The van der Waals surface area contributed by atoms with Gasteiger partial charge in [-0.25, -0.2) is 0 Å². The number of rotatable bonds is 10. The summed E-state index contributed by atoms with van der Waals surface area (Å²) in [5, 5.41) is 0. The maximum atomic E-state index is 6.70. The average Bonchev–Trinajstić information content (AvgIpc) is 3.37. The zero-order valence-corrected chi connectivity index (χ0v) is 39.8. The van der Waals surface area contributed by atoms with Crippen LogP contribution in [0.25, 0.3) is 0 Å². The molecule has 4 heterocycles. The van der Waals surface area contributed by atoms with Crippen LogP contribution in [0.5, 0.6) is 57.5 Å². The van der Waals surface area contributed by atoms with Gasteiger partial charge in [-0.1, -0.05) is 136 Å². The summed E-state index contributed by atoms with van der Waals surface area (Å²) in [4.78, 5) is 9.29. The highest BCUT2D eigenvalue weighted by molar-refractivity contribution is 8.02. The maximum absolute atomic E-state index is 6.70. The van der Waals surface area contributed by atoms with Crippen molar-refractivity contribution >= 4 is 93.2 Å². The third-order valence-corrected chi connectivity index (χ3v) is 17.2. The molecular formula is C56H36B2O6S4. The summed E-state index contributed by atoms with van der Waals surface area (Å²) in [5.74, 6) is 7.86. The quantitative estimate of drug-likeness (QED) is 0.124. The highest BCUT2D eigenvalue weighted by Gasteiger charge is 2.44. The van der Waals surface area contributed by atoms with E-state index in [9.17, 15) is 0 Å². The third-order valence-electron chi connectivity index (χ3n) is 12.5. The van der Waals surface area contributed by atoms with Gasteiger partial charge in [-0.2, -0.15) is 0 Å². The van der Waals surface area contributed by atoms with Gasteiger partial charge >= 0.3 is 0 Å². The Kier molecular flexibility index (Phi) is 10.4. The summed E-state index contributed by atoms with van der Waals surface area (Å²) in [6.07, 6.45) is 0. The molecule has 6 nitrogen and oxygen atoms in total. The number of hydrogen-bond acceptors (Lipinski definition) is 10. The Morgan fingerprint density at radius 2 is 0.676 bits per heavy atom. The van der Waals surface area contributed by atoms with Gasteiger partial charge in [0.15, 0.2) is 0 Å². The molecule has 13 rings (SSSR count). The lowest BCUT2D eigenvalue weighted by Gasteiger charge is -2.37. The Hall–Kier alpha value is -6.69. The van der Waals surface area contributed by atoms with Crippen molar-refractivity contribution in [2.45, 2.75) is 39.2 Å². The van der Waals surface area contributed by atoms with E-state index in [2.05, 4.69) is 72.8 Å². The van der Waals surface area contributed by atoms with E-state index < -0.39 is 0 Å². The molecular weight excluding hydrogens is 919 g/mol. The minimum absolute atomic E-state index is 0.0523. The molecule has 9 aromatic carbocycles. The van der Waals surface area contributed by atoms with Gasteiger partial charge in [-0.05, 0) is 126 Å². The first-order chi connectivity index (χ1) is 33.5. The van der Waals surface area contributed by atoms with E-state index in [1.165, 1.54) is 52.4 Å². The minimum Gasteiger partial charge on any atom is -0.497 e. The molecule has 9 aromatic rings. The van der Waals surface area contributed by atoms with Crippen LogP contribution < -0.4 is 61.2 Å². The van der Waals surface area contributed by atoms with Crippen LogP contribution in [0.1, 0.15) is 0 Å². The molecule has 4 aliphatic rings. The Bertz CT molecular complexity index is 3220. The number of para-hydroxylation sites is 2. The van der Waals surface area contributed by atoms with E-state index in [0.717, 1.165) is 77.1 Å². The van der Waals surface area contributed by atoms with Crippen LogP contribution in [-0.2, 0) is 0 Å². The van der Waals surface area contributed by atoms with Gasteiger partial charge in [-0.3, -0.25) is 0 Å². The number of hydrogen-bond donors (Lipinski definition) is 0. The van der Waals surface area contributed by atoms with Gasteiger partial charge in [-0.15, -0.1) is 0 Å². The van der Waals surface area contributed by atoms with Gasteiger partial charge in [0.05, 0.1) is 24.0 Å². The van der Waals surface area contributed by atoms with Crippen LogP contribution in [0.3, 0.4) is 0 Å². The highest BCUT2D eigenvalue weighted by atomic mass is 32.2. The molecule has 4 aliphatic heterocycles. The second-order valence-electron chi connectivity index (χ2n) is 16.6. The van der Waals surface area contributed by atoms with E-state index >= 15 is 0 Å². The second kappa shape index (κ2) is 17.1. The summed E-state index contributed by atoms with van der Waals surface area (Å²) in [6.45, 7) is -0.105. The van der Waals surface area contributed by atoms with Crippen molar-refractivity contribution in [1.82, 2.24) is 0 Å². The lowest BCUT2D eigenvalue weighted by atomic mass is 9.33. The first-order valence-electron chi connectivity index (χ1n) is 22.1. The van der Waals surface area contributed by atoms with Gasteiger partial charge in [0.25, 0.3) is 0 Å². The smallest absolute Gasteiger partial charge is 0.247 e. The van der Waals surface area contributed by atoms with Crippen LogP contribution >= 0.6 is 47.0 Å². The zero-order valence-electron chi connectivity index (χ0n) is 36.6. The number of methoxy groups -OCH3 is 2. The van der Waals surface area contributed by atoms with E-state index in [-0.39, 0.29) is 13.4 Å². The SMILES string of the molecule is COc1ccc(Oc2cc3c4c(c2)Sc2c(Oc5ccccc5)cccc2B4c2cc4c(cc2S3)Sc2cc(Oc3ccc(OC)cc3)cc3c2B4c2cccc(Oc4ccccc4)c2S3)cc1. The predicted molar refractivity (Wildman–Crippen MR) is 277 cm³/mol. The molecule has 0 radical (unpaired) electrons. The Morgan fingerprint density at radius 3 is 1.09 bits per heavy atom. The lowest BCUT2D eigenvalue weighted by molar-refractivity contribution is 0.412. The van der Waals surface area contributed by atoms with Crippen molar-refractivity contribution in [2.24, 2.45) is 0 Å².